The maximum absolute atomic E-state index is 14.1. The molecule has 2 atom stereocenters. The van der Waals surface area contributed by atoms with Crippen LogP contribution in [0, 0.1) is 0 Å². The number of ether oxygens (including phenoxy) is 1. The van der Waals surface area contributed by atoms with Crippen LogP contribution in [0.2, 0.25) is 0 Å². The van der Waals surface area contributed by atoms with Crippen molar-refractivity contribution in [2.45, 2.75) is 65.7 Å². The molecular formula is C47H60Cl4N8O7. The normalized spacial score (nSPS) is 16.8. The minimum absolute atomic E-state index is 0. The van der Waals surface area contributed by atoms with Crippen molar-refractivity contribution in [1.82, 2.24) is 39.1 Å². The summed E-state index contributed by atoms with van der Waals surface area (Å²) in [7, 11) is 6.22. The maximum atomic E-state index is 14.1. The first-order chi connectivity index (χ1) is 29.7. The van der Waals surface area contributed by atoms with Crippen molar-refractivity contribution in [3.8, 4) is 34.0 Å². The minimum Gasteiger partial charge on any atom is -0.506 e. The van der Waals surface area contributed by atoms with Crippen LogP contribution < -0.4 is 21.2 Å². The van der Waals surface area contributed by atoms with Crippen LogP contribution in [-0.4, -0.2) is 114 Å². The number of hydrogen-bond acceptors (Lipinski definition) is 10. The fourth-order valence-corrected chi connectivity index (χ4v) is 9.46. The van der Waals surface area contributed by atoms with Crippen LogP contribution in [0.5, 0.6) is 11.5 Å². The molecule has 0 radical (unpaired) electrons. The molecule has 66 heavy (non-hydrogen) atoms. The number of benzene rings is 2. The molecule has 2 saturated heterocycles. The van der Waals surface area contributed by atoms with Crippen molar-refractivity contribution in [1.29, 1.82) is 0 Å². The zero-order valence-corrected chi connectivity index (χ0v) is 41.4. The Bertz CT molecular complexity index is 2860. The van der Waals surface area contributed by atoms with Crippen LogP contribution in [-0.2, 0) is 40.0 Å². The van der Waals surface area contributed by atoms with Gasteiger partial charge in [-0.2, -0.15) is 0 Å². The molecule has 2 aliphatic heterocycles. The average molecular weight is 991 g/mol. The number of carboxylic acids is 1. The topological polar surface area (TPSA) is 181 Å². The van der Waals surface area contributed by atoms with E-state index in [1.54, 1.807) is 13.8 Å². The molecule has 0 unspecified atom stereocenters. The number of halogens is 4. The Kier molecular flexibility index (Phi) is 17.8. The second kappa shape index (κ2) is 21.9. The quantitative estimate of drug-likeness (QED) is 0.0868. The number of piperazine rings is 2. The number of carbonyl (C=O) groups excluding carboxylic acids is 1. The highest BCUT2D eigenvalue weighted by Gasteiger charge is 2.31. The highest BCUT2D eigenvalue weighted by atomic mass is 35.5. The molecular weight excluding hydrogens is 930 g/mol. The number of nitrogens with zero attached hydrogens (tertiary/aromatic N) is 5. The Morgan fingerprint density at radius 3 is 1.65 bits per heavy atom. The summed E-state index contributed by atoms with van der Waals surface area (Å²) in [6, 6.07) is 16.6. The lowest BCUT2D eigenvalue weighted by Gasteiger charge is -2.42. The first kappa shape index (κ1) is 53.8. The highest BCUT2D eigenvalue weighted by Crippen LogP contribution is 2.36. The number of aromatic amines is 2. The van der Waals surface area contributed by atoms with E-state index < -0.39 is 45.7 Å². The van der Waals surface area contributed by atoms with E-state index in [-0.39, 0.29) is 73.7 Å². The van der Waals surface area contributed by atoms with Gasteiger partial charge in [0.15, 0.2) is 16.9 Å². The van der Waals surface area contributed by atoms with E-state index in [0.29, 0.717) is 34.5 Å². The lowest BCUT2D eigenvalue weighted by atomic mass is 9.99. The molecule has 15 nitrogen and oxygen atoms in total. The number of fused-ring (bicyclic) bond motifs is 2. The number of aryl methyl sites for hydroxylation is 2. The minimum atomic E-state index is -1.61. The van der Waals surface area contributed by atoms with Crippen molar-refractivity contribution in [2.75, 3.05) is 46.3 Å². The number of carbonyl (C=O) groups is 2. The summed E-state index contributed by atoms with van der Waals surface area (Å²) in [6.45, 7) is 15.3. The van der Waals surface area contributed by atoms with Gasteiger partial charge in [-0.05, 0) is 81.3 Å². The second-order valence-corrected chi connectivity index (χ2v) is 17.0. The summed E-state index contributed by atoms with van der Waals surface area (Å²) in [4.78, 5) is 66.9. The molecule has 6 aromatic rings. The number of nitrogens with one attached hydrogen (secondary N) is 3. The molecule has 2 aromatic carbocycles. The molecule has 8 rings (SSSR count). The summed E-state index contributed by atoms with van der Waals surface area (Å²) in [5.74, 6) is -3.95. The first-order valence-electron chi connectivity index (χ1n) is 21.5. The molecule has 6 heterocycles. The fourth-order valence-electron chi connectivity index (χ4n) is 9.46. The summed E-state index contributed by atoms with van der Waals surface area (Å²) in [5, 5.41) is 27.2. The molecule has 0 saturated carbocycles. The van der Waals surface area contributed by atoms with Crippen LogP contribution in [0.15, 0.2) is 58.1 Å². The number of rotatable bonds is 11. The third-order valence-electron chi connectivity index (χ3n) is 13.2. The Morgan fingerprint density at radius 2 is 1.17 bits per heavy atom. The number of pyridine rings is 2. The predicted octanol–water partition coefficient (Wildman–Crippen LogP) is 6.75. The van der Waals surface area contributed by atoms with E-state index in [2.05, 4.69) is 72.1 Å². The van der Waals surface area contributed by atoms with Gasteiger partial charge in [0.2, 0.25) is 0 Å². The van der Waals surface area contributed by atoms with E-state index in [9.17, 15) is 29.4 Å². The van der Waals surface area contributed by atoms with Crippen molar-refractivity contribution in [3.05, 3.63) is 103 Å². The summed E-state index contributed by atoms with van der Waals surface area (Å²) in [6.07, 6.45) is 0.402. The molecule has 0 amide bonds. The van der Waals surface area contributed by atoms with Gasteiger partial charge >= 0.3 is 11.9 Å². The molecule has 0 aliphatic carbocycles. The van der Waals surface area contributed by atoms with Gasteiger partial charge in [-0.25, -0.2) is 9.59 Å². The molecule has 4 aromatic heterocycles. The van der Waals surface area contributed by atoms with E-state index >= 15 is 0 Å². The standard InChI is InChI=1S/C47H56N8O7.4ClH/c1-8-34-40(28-10-12-36-30(18-28)20-32(52(36)6)24-54-16-14-48-15-17-54)49-44(57)38(42(34)56)47(61)62-43-35(9-2)41(50-45(58)39(43)46(59)60)29-11-13-37-31(19-29)21-33(53(37)7)25-55-22-26(3)51(5)27(4)23-55;;;;/h10-13,18-21,26-27,48H,8-9,14-17,22-25H2,1-7H3,(H,50,58)(H,59,60)(H2,49,56,57);4*1H/t26-,27+;;;;. The number of likely N-dealkylation sites (N-methyl/N-ethyl adjacent to an activating group) is 1. The predicted molar refractivity (Wildman–Crippen MR) is 269 cm³/mol. The van der Waals surface area contributed by atoms with Crippen molar-refractivity contribution >= 4 is 83.4 Å². The van der Waals surface area contributed by atoms with Crippen LogP contribution in [0.1, 0.15) is 70.9 Å². The third-order valence-corrected chi connectivity index (χ3v) is 13.2. The fraction of sp³-hybridized carbons (Fsp3) is 0.404. The lowest BCUT2D eigenvalue weighted by Crippen LogP contribution is -2.54. The summed E-state index contributed by atoms with van der Waals surface area (Å²) in [5.41, 5.74) is 3.34. The van der Waals surface area contributed by atoms with Gasteiger partial charge in [0.25, 0.3) is 11.1 Å². The molecule has 5 N–H and O–H groups in total. The highest BCUT2D eigenvalue weighted by molar-refractivity contribution is 5.99. The maximum Gasteiger partial charge on any atom is 0.353 e. The van der Waals surface area contributed by atoms with Crippen LogP contribution in [0.4, 0.5) is 0 Å². The number of esters is 1. The third kappa shape index (κ3) is 10.0. The summed E-state index contributed by atoms with van der Waals surface area (Å²) >= 11 is 0. The molecule has 2 aliphatic rings. The Morgan fingerprint density at radius 1 is 0.697 bits per heavy atom. The van der Waals surface area contributed by atoms with Gasteiger partial charge < -0.3 is 39.4 Å². The number of carboxylic acid groups (broad SMARTS) is 1. The van der Waals surface area contributed by atoms with Gasteiger partial charge in [-0.3, -0.25) is 24.3 Å². The Labute approximate surface area is 408 Å². The molecule has 2 fully saturated rings. The molecule has 19 heteroatoms. The SMILES string of the molecule is CCc1c(-c2ccc3c(c2)cc(CN2CCNCC2)n3C)[nH]c(=O)c(C(=O)Oc2c(CC)c(-c3ccc4c(c3)cc(CN3C[C@@H](C)N(C)[C@@H](C)C3)n4C)[nH]c(=O)c2C(=O)O)c1O.Cl.Cl.Cl.Cl. The van der Waals surface area contributed by atoms with Crippen molar-refractivity contribution in [3.63, 3.8) is 0 Å². The monoisotopic (exact) mass is 988 g/mol. The van der Waals surface area contributed by atoms with Crippen LogP contribution in [0.3, 0.4) is 0 Å². The van der Waals surface area contributed by atoms with E-state index in [1.807, 2.05) is 50.5 Å². The van der Waals surface area contributed by atoms with E-state index in [0.717, 1.165) is 85.6 Å². The number of aromatic hydroxyl groups is 1. The lowest BCUT2D eigenvalue weighted by molar-refractivity contribution is 0.0545. The number of aromatic nitrogens is 4. The zero-order valence-electron chi connectivity index (χ0n) is 38.1. The van der Waals surface area contributed by atoms with Gasteiger partial charge in [0, 0.05) is 123 Å². The number of hydrogen-bond donors (Lipinski definition) is 5. The number of H-pyrrole nitrogens is 2. The van der Waals surface area contributed by atoms with Crippen molar-refractivity contribution in [2.24, 2.45) is 14.1 Å². The van der Waals surface area contributed by atoms with E-state index in [1.165, 1.54) is 0 Å². The van der Waals surface area contributed by atoms with Gasteiger partial charge in [-0.1, -0.05) is 26.0 Å². The Balaban J connectivity index is 0.00000238. The first-order valence-corrected chi connectivity index (χ1v) is 21.5. The summed E-state index contributed by atoms with van der Waals surface area (Å²) < 4.78 is 10.1. The second-order valence-electron chi connectivity index (χ2n) is 17.0. The van der Waals surface area contributed by atoms with Crippen molar-refractivity contribution < 1.29 is 24.5 Å². The zero-order chi connectivity index (χ0) is 44.1. The molecule has 0 bridgehead atoms. The van der Waals surface area contributed by atoms with E-state index in [4.69, 9.17) is 4.74 Å². The Hall–Kier alpha value is -4.84. The molecule has 0 spiro atoms. The largest absolute Gasteiger partial charge is 0.506 e. The average Bonchev–Trinajstić information content (AvgIpc) is 3.72. The van der Waals surface area contributed by atoms with Crippen LogP contribution >= 0.6 is 49.6 Å². The van der Waals surface area contributed by atoms with Crippen LogP contribution in [0.25, 0.3) is 44.3 Å². The number of aromatic carboxylic acids is 1. The van der Waals surface area contributed by atoms with Gasteiger partial charge in [0.1, 0.15) is 5.75 Å². The van der Waals surface area contributed by atoms with Gasteiger partial charge in [0.05, 0.1) is 11.4 Å². The molecule has 358 valence electrons. The smallest absolute Gasteiger partial charge is 0.353 e. The van der Waals surface area contributed by atoms with Gasteiger partial charge in [-0.15, -0.1) is 49.6 Å².